The molecule has 2 N–H and O–H groups in total. The number of nitrogens with zero attached hydrogens (tertiary/aromatic N) is 4. The third-order valence-electron chi connectivity index (χ3n) is 5.82. The quantitative estimate of drug-likeness (QED) is 0.318. The van der Waals surface area contributed by atoms with Gasteiger partial charge < -0.3 is 10.6 Å². The van der Waals surface area contributed by atoms with Gasteiger partial charge in [-0.05, 0) is 38.3 Å². The second-order valence-corrected chi connectivity index (χ2v) is 8.44. The largest absolute Gasteiger partial charge is 0.349 e. The molecule has 0 aliphatic heterocycles. The number of allylic oxidation sites excluding steroid dienone is 1. The van der Waals surface area contributed by atoms with Crippen molar-refractivity contribution in [1.82, 2.24) is 30.4 Å². The zero-order valence-electron chi connectivity index (χ0n) is 19.4. The van der Waals surface area contributed by atoms with E-state index in [0.29, 0.717) is 41.6 Å². The Hall–Kier alpha value is -3.03. The second kappa shape index (κ2) is 11.7. The predicted octanol–water partition coefficient (Wildman–Crippen LogP) is 4.60. The van der Waals surface area contributed by atoms with Gasteiger partial charge in [0.05, 0.1) is 5.69 Å². The van der Waals surface area contributed by atoms with Crippen LogP contribution >= 0.6 is 11.6 Å². The lowest BCUT2D eigenvalue weighted by Gasteiger charge is -2.22. The Kier molecular flexibility index (Phi) is 8.74. The van der Waals surface area contributed by atoms with Crippen molar-refractivity contribution in [3.8, 4) is 17.1 Å². The van der Waals surface area contributed by atoms with Gasteiger partial charge in [-0.1, -0.05) is 43.2 Å². The highest BCUT2D eigenvalue weighted by molar-refractivity contribution is 6.30. The molecule has 0 aliphatic rings. The normalized spacial score (nSPS) is 12.8. The molecule has 0 fully saturated rings. The molecule has 33 heavy (non-hydrogen) atoms. The summed E-state index contributed by atoms with van der Waals surface area (Å²) in [6.07, 6.45) is 7.13. The Morgan fingerprint density at radius 3 is 2.64 bits per heavy atom. The van der Waals surface area contributed by atoms with Crippen molar-refractivity contribution >= 4 is 17.5 Å². The van der Waals surface area contributed by atoms with Crippen LogP contribution in [0.5, 0.6) is 0 Å². The molecule has 3 rings (SSSR count). The maximum Gasteiger partial charge on any atom is 0.272 e. The van der Waals surface area contributed by atoms with E-state index in [1.807, 2.05) is 37.3 Å². The van der Waals surface area contributed by atoms with Crippen LogP contribution in [0.4, 0.5) is 0 Å². The van der Waals surface area contributed by atoms with Gasteiger partial charge in [0.1, 0.15) is 6.33 Å². The minimum Gasteiger partial charge on any atom is -0.349 e. The van der Waals surface area contributed by atoms with Gasteiger partial charge in [0.25, 0.3) is 5.91 Å². The number of hydrogen-bond acceptors (Lipinski definition) is 5. The number of aromatic nitrogens is 4. The molecule has 7 nitrogen and oxygen atoms in total. The van der Waals surface area contributed by atoms with Gasteiger partial charge >= 0.3 is 0 Å². The molecule has 1 amide bonds. The standard InChI is InChI=1S/C25H31ClN6O/c1-5-7-19(6-2)18(4)28-14-15-29-25(33)23-17(3)24(20-8-10-21(26)11-9-20)32(31-23)22-12-13-27-16-30-22/h5,8-13,16,18-19,28H,1,6-7,14-15H2,2-4H3,(H,29,33). The Morgan fingerprint density at radius 2 is 2.00 bits per heavy atom. The lowest BCUT2D eigenvalue weighted by molar-refractivity contribution is 0.0947. The number of hydrogen-bond donors (Lipinski definition) is 2. The van der Waals surface area contributed by atoms with Gasteiger partial charge in [0.2, 0.25) is 0 Å². The summed E-state index contributed by atoms with van der Waals surface area (Å²) >= 11 is 6.07. The molecule has 0 aliphatic carbocycles. The SMILES string of the molecule is C=CCC(CC)C(C)NCCNC(=O)c1nn(-c2ccncn2)c(-c2ccc(Cl)cc2)c1C. The maximum atomic E-state index is 13.0. The number of halogens is 1. The van der Waals surface area contributed by atoms with E-state index in [4.69, 9.17) is 11.6 Å². The molecule has 2 unspecified atom stereocenters. The number of rotatable bonds is 11. The summed E-state index contributed by atoms with van der Waals surface area (Å²) in [5, 5.41) is 11.7. The van der Waals surface area contributed by atoms with Gasteiger partial charge in [-0.2, -0.15) is 5.10 Å². The molecule has 3 aromatic rings. The Bertz CT molecular complexity index is 1060. The monoisotopic (exact) mass is 466 g/mol. The van der Waals surface area contributed by atoms with Crippen LogP contribution in [0.3, 0.4) is 0 Å². The number of benzene rings is 1. The molecule has 174 valence electrons. The second-order valence-electron chi connectivity index (χ2n) is 8.00. The first-order valence-electron chi connectivity index (χ1n) is 11.2. The number of carbonyl (C=O) groups is 1. The van der Waals surface area contributed by atoms with Crippen LogP contribution in [0.2, 0.25) is 5.02 Å². The van der Waals surface area contributed by atoms with Crippen LogP contribution in [-0.4, -0.2) is 44.8 Å². The van der Waals surface area contributed by atoms with Gasteiger partial charge in [-0.25, -0.2) is 14.6 Å². The molecule has 2 aromatic heterocycles. The van der Waals surface area contributed by atoms with Crippen molar-refractivity contribution in [3.63, 3.8) is 0 Å². The van der Waals surface area contributed by atoms with Crippen LogP contribution in [0.25, 0.3) is 17.1 Å². The highest BCUT2D eigenvalue weighted by Crippen LogP contribution is 2.29. The van der Waals surface area contributed by atoms with Gasteiger partial charge in [-0.3, -0.25) is 4.79 Å². The molecule has 0 spiro atoms. The van der Waals surface area contributed by atoms with Crippen LogP contribution in [0.1, 0.15) is 42.7 Å². The fourth-order valence-electron chi connectivity index (χ4n) is 3.90. The number of carbonyl (C=O) groups excluding carboxylic acids is 1. The molecular weight excluding hydrogens is 436 g/mol. The Balaban J connectivity index is 1.77. The van der Waals surface area contributed by atoms with Crippen molar-refractivity contribution in [1.29, 1.82) is 0 Å². The summed E-state index contributed by atoms with van der Waals surface area (Å²) in [5.41, 5.74) is 2.82. The highest BCUT2D eigenvalue weighted by Gasteiger charge is 2.22. The maximum absolute atomic E-state index is 13.0. The van der Waals surface area contributed by atoms with E-state index < -0.39 is 0 Å². The van der Waals surface area contributed by atoms with Crippen molar-refractivity contribution in [3.05, 3.63) is 71.8 Å². The zero-order chi connectivity index (χ0) is 23.8. The molecule has 0 radical (unpaired) electrons. The van der Waals surface area contributed by atoms with E-state index >= 15 is 0 Å². The molecule has 8 heteroatoms. The van der Waals surface area contributed by atoms with Crippen LogP contribution in [0, 0.1) is 12.8 Å². The highest BCUT2D eigenvalue weighted by atomic mass is 35.5. The van der Waals surface area contributed by atoms with Crippen molar-refractivity contribution < 1.29 is 4.79 Å². The first kappa shape index (κ1) is 24.6. The van der Waals surface area contributed by atoms with E-state index in [1.54, 1.807) is 16.9 Å². The Morgan fingerprint density at radius 1 is 1.24 bits per heavy atom. The molecule has 0 saturated carbocycles. The van der Waals surface area contributed by atoms with Gasteiger partial charge in [0.15, 0.2) is 11.5 Å². The first-order chi connectivity index (χ1) is 16.0. The zero-order valence-corrected chi connectivity index (χ0v) is 20.1. The molecule has 2 heterocycles. The summed E-state index contributed by atoms with van der Waals surface area (Å²) < 4.78 is 1.68. The van der Waals surface area contributed by atoms with Crippen molar-refractivity contribution in [2.24, 2.45) is 5.92 Å². The van der Waals surface area contributed by atoms with Gasteiger partial charge in [0, 0.05) is 47.5 Å². The summed E-state index contributed by atoms with van der Waals surface area (Å²) in [5.74, 6) is 0.898. The van der Waals surface area contributed by atoms with Crippen molar-refractivity contribution in [2.45, 2.75) is 39.7 Å². The fraction of sp³-hybridized carbons (Fsp3) is 0.360. The van der Waals surface area contributed by atoms with E-state index in [9.17, 15) is 4.79 Å². The Labute approximate surface area is 200 Å². The molecule has 2 atom stereocenters. The lowest BCUT2D eigenvalue weighted by atomic mass is 9.95. The molecular formula is C25H31ClN6O. The van der Waals surface area contributed by atoms with E-state index in [-0.39, 0.29) is 5.91 Å². The summed E-state index contributed by atoms with van der Waals surface area (Å²) in [4.78, 5) is 21.3. The van der Waals surface area contributed by atoms with Crippen LogP contribution in [0.15, 0.2) is 55.5 Å². The van der Waals surface area contributed by atoms with Crippen LogP contribution < -0.4 is 10.6 Å². The smallest absolute Gasteiger partial charge is 0.272 e. The summed E-state index contributed by atoms with van der Waals surface area (Å²) in [6, 6.07) is 9.55. The lowest BCUT2D eigenvalue weighted by Crippen LogP contribution is -2.39. The third kappa shape index (κ3) is 6.06. The minimum absolute atomic E-state index is 0.219. The number of amides is 1. The van der Waals surface area contributed by atoms with E-state index in [2.05, 4.69) is 46.1 Å². The molecule has 1 aromatic carbocycles. The first-order valence-corrected chi connectivity index (χ1v) is 11.6. The fourth-order valence-corrected chi connectivity index (χ4v) is 4.02. The molecule has 0 saturated heterocycles. The van der Waals surface area contributed by atoms with E-state index in [1.165, 1.54) is 6.33 Å². The average Bonchev–Trinajstić information content (AvgIpc) is 3.18. The third-order valence-corrected chi connectivity index (χ3v) is 6.07. The average molecular weight is 467 g/mol. The van der Waals surface area contributed by atoms with Crippen LogP contribution in [-0.2, 0) is 0 Å². The predicted molar refractivity (Wildman–Crippen MR) is 133 cm³/mol. The minimum atomic E-state index is -0.219. The number of nitrogens with one attached hydrogen (secondary N) is 2. The van der Waals surface area contributed by atoms with Gasteiger partial charge in [-0.15, -0.1) is 6.58 Å². The summed E-state index contributed by atoms with van der Waals surface area (Å²) in [6.45, 7) is 11.3. The molecule has 0 bridgehead atoms. The van der Waals surface area contributed by atoms with E-state index in [0.717, 1.165) is 29.7 Å². The van der Waals surface area contributed by atoms with Crippen molar-refractivity contribution in [2.75, 3.05) is 13.1 Å². The summed E-state index contributed by atoms with van der Waals surface area (Å²) in [7, 11) is 0. The topological polar surface area (TPSA) is 84.7 Å².